The number of para-hydroxylation sites is 1. The van der Waals surface area contributed by atoms with Gasteiger partial charge in [0.05, 0.1) is 13.2 Å². The number of nitrogens with zero attached hydrogens (tertiary/aromatic N) is 2. The number of hydrogen-bond donors (Lipinski definition) is 1. The van der Waals surface area contributed by atoms with Crippen molar-refractivity contribution in [2.24, 2.45) is 0 Å². The third-order valence-electron chi connectivity index (χ3n) is 4.24. The molecule has 0 aromatic heterocycles. The summed E-state index contributed by atoms with van der Waals surface area (Å²) in [5, 5.41) is 2.68. The maximum Gasteiger partial charge on any atom is 0.233 e. The van der Waals surface area contributed by atoms with Gasteiger partial charge in [0.1, 0.15) is 5.75 Å². The van der Waals surface area contributed by atoms with Gasteiger partial charge in [-0.2, -0.15) is 0 Å². The topological polar surface area (TPSA) is 44.8 Å². The second-order valence-corrected chi connectivity index (χ2v) is 6.01. The molecule has 0 aliphatic carbocycles. The van der Waals surface area contributed by atoms with E-state index in [1.807, 2.05) is 71.9 Å². The molecule has 1 heterocycles. The average molecular weight is 410 g/mol. The third kappa shape index (κ3) is 16.0. The van der Waals surface area contributed by atoms with Gasteiger partial charge < -0.3 is 15.0 Å². The Hall–Kier alpha value is -1.59. The molecule has 0 radical (unpaired) electrons. The number of rotatable bonds is 9. The highest BCUT2D eigenvalue weighted by molar-refractivity contribution is 5.77. The molecular formula is C24H47N3O2. The quantitative estimate of drug-likeness (QED) is 0.602. The summed E-state index contributed by atoms with van der Waals surface area (Å²) in [4.78, 5) is 16.1. The van der Waals surface area contributed by atoms with Gasteiger partial charge in [0.25, 0.3) is 0 Å². The van der Waals surface area contributed by atoms with Crippen LogP contribution in [0.1, 0.15) is 60.8 Å². The molecule has 0 spiro atoms. The zero-order chi connectivity index (χ0) is 22.3. The number of unbranched alkanes of at least 4 members (excludes halogenated alkanes) is 2. The molecule has 1 saturated heterocycles. The van der Waals surface area contributed by atoms with Crippen molar-refractivity contribution in [3.8, 4) is 5.75 Å². The standard InChI is InChI=1S/C18H29N3O2.3C2H6/c1-19-18(22)16-21-13-11-20(12-14-21)10-6-3-7-15-23-17-8-4-2-5-9-17;3*1-2/h2,4-5,8-9H,3,6-7,10-16H2,1H3,(H,19,22);3*1-2H3. The second-order valence-electron chi connectivity index (χ2n) is 6.01. The first kappa shape index (κ1) is 29.6. The maximum atomic E-state index is 11.4. The fraction of sp³-hybridized carbons (Fsp3) is 0.708. The molecule has 170 valence electrons. The van der Waals surface area contributed by atoms with Gasteiger partial charge in [0.15, 0.2) is 0 Å². The maximum absolute atomic E-state index is 11.4. The molecule has 5 nitrogen and oxygen atoms in total. The summed E-state index contributed by atoms with van der Waals surface area (Å²) in [7, 11) is 1.69. The van der Waals surface area contributed by atoms with Crippen LogP contribution in [0.4, 0.5) is 0 Å². The molecule has 1 fully saturated rings. The first-order chi connectivity index (χ1) is 14.3. The van der Waals surface area contributed by atoms with Crippen molar-refractivity contribution in [2.75, 3.05) is 52.9 Å². The minimum absolute atomic E-state index is 0.108. The summed E-state index contributed by atoms with van der Waals surface area (Å²) >= 11 is 0. The van der Waals surface area contributed by atoms with E-state index in [2.05, 4.69) is 15.1 Å². The first-order valence-electron chi connectivity index (χ1n) is 11.6. The lowest BCUT2D eigenvalue weighted by Gasteiger charge is -2.34. The van der Waals surface area contributed by atoms with Crippen LogP contribution in [-0.2, 0) is 4.79 Å². The van der Waals surface area contributed by atoms with Gasteiger partial charge in [-0.25, -0.2) is 0 Å². The van der Waals surface area contributed by atoms with Crippen LogP contribution in [0.2, 0.25) is 0 Å². The number of piperazine rings is 1. The van der Waals surface area contributed by atoms with E-state index >= 15 is 0 Å². The highest BCUT2D eigenvalue weighted by Gasteiger charge is 2.17. The fourth-order valence-corrected chi connectivity index (χ4v) is 2.77. The number of nitrogens with one attached hydrogen (secondary N) is 1. The van der Waals surface area contributed by atoms with Crippen molar-refractivity contribution in [1.29, 1.82) is 0 Å². The number of hydrogen-bond acceptors (Lipinski definition) is 4. The summed E-state index contributed by atoms with van der Waals surface area (Å²) in [5.41, 5.74) is 0. The molecule has 2 rings (SSSR count). The van der Waals surface area contributed by atoms with E-state index in [0.717, 1.165) is 51.5 Å². The monoisotopic (exact) mass is 409 g/mol. The molecule has 0 atom stereocenters. The van der Waals surface area contributed by atoms with E-state index in [-0.39, 0.29) is 5.91 Å². The fourth-order valence-electron chi connectivity index (χ4n) is 2.77. The van der Waals surface area contributed by atoms with Gasteiger partial charge in [-0.15, -0.1) is 0 Å². The van der Waals surface area contributed by atoms with Crippen molar-refractivity contribution in [2.45, 2.75) is 60.8 Å². The van der Waals surface area contributed by atoms with Crippen molar-refractivity contribution < 1.29 is 9.53 Å². The van der Waals surface area contributed by atoms with E-state index in [1.54, 1.807) is 7.05 Å². The lowest BCUT2D eigenvalue weighted by molar-refractivity contribution is -0.122. The van der Waals surface area contributed by atoms with E-state index in [4.69, 9.17) is 4.74 Å². The molecule has 29 heavy (non-hydrogen) atoms. The zero-order valence-electron chi connectivity index (χ0n) is 20.2. The number of carbonyl (C=O) groups excluding carboxylic acids is 1. The Morgan fingerprint density at radius 2 is 1.41 bits per heavy atom. The molecule has 1 aromatic carbocycles. The molecular weight excluding hydrogens is 362 g/mol. The van der Waals surface area contributed by atoms with E-state index in [0.29, 0.717) is 6.54 Å². The Balaban J connectivity index is 0. The number of likely N-dealkylation sites (N-methyl/N-ethyl adjacent to an activating group) is 1. The third-order valence-corrected chi connectivity index (χ3v) is 4.24. The van der Waals surface area contributed by atoms with E-state index in [1.165, 1.54) is 12.8 Å². The smallest absolute Gasteiger partial charge is 0.233 e. The Labute approximate surface area is 180 Å². The summed E-state index contributed by atoms with van der Waals surface area (Å²) in [6.07, 6.45) is 3.52. The summed E-state index contributed by atoms with van der Waals surface area (Å²) in [6.45, 7) is 18.6. The summed E-state index contributed by atoms with van der Waals surface area (Å²) in [5.74, 6) is 1.07. The van der Waals surface area contributed by atoms with Crippen molar-refractivity contribution in [1.82, 2.24) is 15.1 Å². The summed E-state index contributed by atoms with van der Waals surface area (Å²) in [6, 6.07) is 10.00. The number of amides is 1. The SMILES string of the molecule is CC.CC.CC.CNC(=O)CN1CCN(CCCCCOc2ccccc2)CC1. The van der Waals surface area contributed by atoms with Gasteiger partial charge in [0, 0.05) is 33.2 Å². The lowest BCUT2D eigenvalue weighted by Crippen LogP contribution is -2.49. The van der Waals surface area contributed by atoms with Crippen LogP contribution in [-0.4, -0.2) is 68.6 Å². The largest absolute Gasteiger partial charge is 0.494 e. The van der Waals surface area contributed by atoms with Gasteiger partial charge in [-0.1, -0.05) is 59.7 Å². The van der Waals surface area contributed by atoms with Crippen LogP contribution in [0, 0.1) is 0 Å². The Morgan fingerprint density at radius 3 is 1.97 bits per heavy atom. The number of benzene rings is 1. The molecule has 5 heteroatoms. The van der Waals surface area contributed by atoms with Gasteiger partial charge >= 0.3 is 0 Å². The Kier molecular flexibility index (Phi) is 23.2. The molecule has 1 aliphatic heterocycles. The number of ether oxygens (including phenoxy) is 1. The van der Waals surface area contributed by atoms with E-state index in [9.17, 15) is 4.79 Å². The van der Waals surface area contributed by atoms with Gasteiger partial charge in [-0.3, -0.25) is 9.69 Å². The zero-order valence-corrected chi connectivity index (χ0v) is 20.2. The van der Waals surface area contributed by atoms with Crippen molar-refractivity contribution in [3.05, 3.63) is 30.3 Å². The van der Waals surface area contributed by atoms with Crippen LogP contribution < -0.4 is 10.1 Å². The van der Waals surface area contributed by atoms with E-state index < -0.39 is 0 Å². The second kappa shape index (κ2) is 22.7. The minimum Gasteiger partial charge on any atom is -0.494 e. The van der Waals surface area contributed by atoms with Crippen LogP contribution in [0.15, 0.2) is 30.3 Å². The van der Waals surface area contributed by atoms with Crippen LogP contribution in [0.25, 0.3) is 0 Å². The van der Waals surface area contributed by atoms with Crippen molar-refractivity contribution >= 4 is 5.91 Å². The molecule has 1 aromatic rings. The number of carbonyl (C=O) groups is 1. The first-order valence-corrected chi connectivity index (χ1v) is 11.6. The Bertz CT molecular complexity index is 447. The van der Waals surface area contributed by atoms with Gasteiger partial charge in [-0.05, 0) is 37.9 Å². The summed E-state index contributed by atoms with van der Waals surface area (Å²) < 4.78 is 5.70. The average Bonchev–Trinajstić information content (AvgIpc) is 2.82. The predicted molar refractivity (Wildman–Crippen MR) is 127 cm³/mol. The highest BCUT2D eigenvalue weighted by atomic mass is 16.5. The lowest BCUT2D eigenvalue weighted by atomic mass is 10.2. The molecule has 1 N–H and O–H groups in total. The normalized spacial score (nSPS) is 13.5. The molecule has 0 bridgehead atoms. The van der Waals surface area contributed by atoms with Crippen LogP contribution in [0.3, 0.4) is 0 Å². The molecule has 1 amide bonds. The van der Waals surface area contributed by atoms with Gasteiger partial charge in [0.2, 0.25) is 5.91 Å². The van der Waals surface area contributed by atoms with Crippen LogP contribution >= 0.6 is 0 Å². The van der Waals surface area contributed by atoms with Crippen molar-refractivity contribution in [3.63, 3.8) is 0 Å². The predicted octanol–water partition coefficient (Wildman–Crippen LogP) is 4.68. The minimum atomic E-state index is 0.108. The molecule has 0 saturated carbocycles. The molecule has 1 aliphatic rings. The van der Waals surface area contributed by atoms with Crippen LogP contribution in [0.5, 0.6) is 5.75 Å². The Morgan fingerprint density at radius 1 is 0.862 bits per heavy atom. The molecule has 0 unspecified atom stereocenters. The highest BCUT2D eigenvalue weighted by Crippen LogP contribution is 2.10.